The molecule has 2 rings (SSSR count). The Morgan fingerprint density at radius 2 is 1.67 bits per heavy atom. The number of carbonyl (C=O) groups is 2. The highest BCUT2D eigenvalue weighted by Gasteiger charge is 2.11. The summed E-state index contributed by atoms with van der Waals surface area (Å²) in [5.41, 5.74) is 2.17. The van der Waals surface area contributed by atoms with E-state index >= 15 is 0 Å². The van der Waals surface area contributed by atoms with Crippen molar-refractivity contribution < 1.29 is 14.3 Å². The number of hydrogen-bond acceptors (Lipinski definition) is 4. The van der Waals surface area contributed by atoms with Crippen molar-refractivity contribution in [2.24, 2.45) is 0 Å². The normalized spacial score (nSPS) is 11.5. The smallest absolute Gasteiger partial charge is 0.316 e. The first-order chi connectivity index (χ1) is 11.6. The maximum Gasteiger partial charge on any atom is 0.316 e. The van der Waals surface area contributed by atoms with Gasteiger partial charge in [-0.15, -0.1) is 11.8 Å². The molecule has 1 amide bonds. The number of hydrogen-bond donors (Lipinski definition) is 1. The van der Waals surface area contributed by atoms with Crippen LogP contribution in [-0.4, -0.2) is 24.2 Å². The van der Waals surface area contributed by atoms with Crippen LogP contribution in [0.4, 0.5) is 0 Å². The summed E-state index contributed by atoms with van der Waals surface area (Å²) in [7, 11) is 0. The van der Waals surface area contributed by atoms with Gasteiger partial charge in [-0.1, -0.05) is 60.7 Å². The molecule has 0 bridgehead atoms. The minimum absolute atomic E-state index is 0.121. The predicted octanol–water partition coefficient (Wildman–Crippen LogP) is 3.34. The molecule has 126 valence electrons. The van der Waals surface area contributed by atoms with Crippen LogP contribution in [0.15, 0.2) is 60.7 Å². The number of nitrogens with one attached hydrogen (secondary N) is 1. The fourth-order valence-electron chi connectivity index (χ4n) is 2.12. The fraction of sp³-hybridized carbons (Fsp3) is 0.263. The average molecular weight is 343 g/mol. The summed E-state index contributed by atoms with van der Waals surface area (Å²) in [4.78, 5) is 23.5. The highest BCUT2D eigenvalue weighted by molar-refractivity contribution is 7.99. The largest absolute Gasteiger partial charge is 0.455 e. The van der Waals surface area contributed by atoms with Crippen molar-refractivity contribution >= 4 is 23.6 Å². The third kappa shape index (κ3) is 6.46. The van der Waals surface area contributed by atoms with Gasteiger partial charge in [0.25, 0.3) is 5.91 Å². The van der Waals surface area contributed by atoms with Gasteiger partial charge in [-0.2, -0.15) is 0 Å². The molecule has 4 nitrogen and oxygen atoms in total. The fourth-order valence-corrected chi connectivity index (χ4v) is 2.90. The lowest BCUT2D eigenvalue weighted by molar-refractivity contribution is -0.146. The van der Waals surface area contributed by atoms with E-state index in [-0.39, 0.29) is 30.3 Å². The van der Waals surface area contributed by atoms with Gasteiger partial charge in [-0.25, -0.2) is 0 Å². The van der Waals surface area contributed by atoms with E-state index in [2.05, 4.69) is 5.32 Å². The van der Waals surface area contributed by atoms with Gasteiger partial charge in [-0.3, -0.25) is 9.59 Å². The quantitative estimate of drug-likeness (QED) is 0.747. The lowest BCUT2D eigenvalue weighted by Gasteiger charge is -2.14. The SMILES string of the molecule is C[C@@H](NC(=O)COC(=O)CSCc1ccccc1)c1ccccc1. The van der Waals surface area contributed by atoms with Crippen molar-refractivity contribution in [1.82, 2.24) is 5.32 Å². The Hall–Kier alpha value is -2.27. The minimum Gasteiger partial charge on any atom is -0.455 e. The first-order valence-electron chi connectivity index (χ1n) is 7.77. The van der Waals surface area contributed by atoms with E-state index in [1.165, 1.54) is 11.8 Å². The molecule has 0 radical (unpaired) electrons. The van der Waals surface area contributed by atoms with E-state index in [0.717, 1.165) is 16.9 Å². The number of amides is 1. The molecule has 0 unspecified atom stereocenters. The molecule has 2 aromatic rings. The Kier molecular flexibility index (Phi) is 7.36. The molecule has 0 saturated carbocycles. The van der Waals surface area contributed by atoms with Crippen molar-refractivity contribution in [3.63, 3.8) is 0 Å². The summed E-state index contributed by atoms with van der Waals surface area (Å²) in [6.07, 6.45) is 0. The Bertz CT molecular complexity index is 646. The lowest BCUT2D eigenvalue weighted by atomic mass is 10.1. The first kappa shape index (κ1) is 18.1. The molecule has 0 aromatic heterocycles. The lowest BCUT2D eigenvalue weighted by Crippen LogP contribution is -2.31. The second kappa shape index (κ2) is 9.78. The van der Waals surface area contributed by atoms with Gasteiger partial charge in [0.1, 0.15) is 0 Å². The summed E-state index contributed by atoms with van der Waals surface area (Å²) in [5.74, 6) is 0.301. The second-order valence-electron chi connectivity index (χ2n) is 5.34. The number of esters is 1. The van der Waals surface area contributed by atoms with E-state index in [0.29, 0.717) is 0 Å². The molecule has 0 saturated heterocycles. The molecule has 24 heavy (non-hydrogen) atoms. The van der Waals surface area contributed by atoms with Gasteiger partial charge in [-0.05, 0) is 18.1 Å². The molecule has 0 heterocycles. The topological polar surface area (TPSA) is 55.4 Å². The van der Waals surface area contributed by atoms with Gasteiger partial charge in [0.2, 0.25) is 0 Å². The Labute approximate surface area is 146 Å². The maximum absolute atomic E-state index is 11.8. The summed E-state index contributed by atoms with van der Waals surface area (Å²) in [6, 6.07) is 19.4. The summed E-state index contributed by atoms with van der Waals surface area (Å²) in [5, 5.41) is 2.81. The van der Waals surface area contributed by atoms with Crippen LogP contribution in [0, 0.1) is 0 Å². The van der Waals surface area contributed by atoms with Gasteiger partial charge in [0.15, 0.2) is 6.61 Å². The summed E-state index contributed by atoms with van der Waals surface area (Å²) >= 11 is 1.47. The molecule has 0 aliphatic rings. The van der Waals surface area contributed by atoms with Crippen LogP contribution in [0.25, 0.3) is 0 Å². The van der Waals surface area contributed by atoms with Gasteiger partial charge in [0, 0.05) is 5.75 Å². The van der Waals surface area contributed by atoms with E-state index in [1.54, 1.807) is 0 Å². The number of ether oxygens (including phenoxy) is 1. The molecular formula is C19H21NO3S. The number of thioether (sulfide) groups is 1. The van der Waals surface area contributed by atoms with E-state index in [9.17, 15) is 9.59 Å². The van der Waals surface area contributed by atoms with Crippen LogP contribution in [0.2, 0.25) is 0 Å². The number of rotatable bonds is 8. The van der Waals surface area contributed by atoms with Crippen molar-refractivity contribution in [2.75, 3.05) is 12.4 Å². The van der Waals surface area contributed by atoms with E-state index < -0.39 is 0 Å². The molecule has 1 N–H and O–H groups in total. The molecule has 0 aliphatic heterocycles. The average Bonchev–Trinajstić information content (AvgIpc) is 2.61. The van der Waals surface area contributed by atoms with E-state index in [4.69, 9.17) is 4.74 Å². The van der Waals surface area contributed by atoms with Crippen molar-refractivity contribution in [2.45, 2.75) is 18.7 Å². The van der Waals surface area contributed by atoms with Crippen LogP contribution in [-0.2, 0) is 20.1 Å². The highest BCUT2D eigenvalue weighted by atomic mass is 32.2. The minimum atomic E-state index is -0.376. The second-order valence-corrected chi connectivity index (χ2v) is 6.32. The highest BCUT2D eigenvalue weighted by Crippen LogP contribution is 2.12. The van der Waals surface area contributed by atoms with Crippen molar-refractivity contribution in [1.29, 1.82) is 0 Å². The monoisotopic (exact) mass is 343 g/mol. The zero-order chi connectivity index (χ0) is 17.2. The third-order valence-electron chi connectivity index (χ3n) is 3.37. The standard InChI is InChI=1S/C19H21NO3S/c1-15(17-10-6-3-7-11-17)20-18(21)12-23-19(22)14-24-13-16-8-4-2-5-9-16/h2-11,15H,12-14H2,1H3,(H,20,21)/t15-/m1/s1. The maximum atomic E-state index is 11.8. The molecular weight excluding hydrogens is 322 g/mol. The van der Waals surface area contributed by atoms with Crippen molar-refractivity contribution in [3.8, 4) is 0 Å². The van der Waals surface area contributed by atoms with Crippen LogP contribution in [0.3, 0.4) is 0 Å². The van der Waals surface area contributed by atoms with Crippen molar-refractivity contribution in [3.05, 3.63) is 71.8 Å². The summed E-state index contributed by atoms with van der Waals surface area (Å²) in [6.45, 7) is 1.65. The predicted molar refractivity (Wildman–Crippen MR) is 96.6 cm³/mol. The third-order valence-corrected chi connectivity index (χ3v) is 4.35. The van der Waals surface area contributed by atoms with Gasteiger partial charge >= 0.3 is 5.97 Å². The summed E-state index contributed by atoms with van der Waals surface area (Å²) < 4.78 is 5.01. The first-order valence-corrected chi connectivity index (χ1v) is 8.92. The number of benzene rings is 2. The molecule has 0 spiro atoms. The number of carbonyl (C=O) groups excluding carboxylic acids is 2. The molecule has 1 atom stereocenters. The molecule has 0 fully saturated rings. The van der Waals surface area contributed by atoms with Crippen LogP contribution >= 0.6 is 11.8 Å². The van der Waals surface area contributed by atoms with Crippen LogP contribution in [0.1, 0.15) is 24.1 Å². The Balaban J connectivity index is 1.63. The van der Waals surface area contributed by atoms with Gasteiger partial charge < -0.3 is 10.1 Å². The Morgan fingerprint density at radius 1 is 1.04 bits per heavy atom. The van der Waals surface area contributed by atoms with Crippen LogP contribution in [0.5, 0.6) is 0 Å². The van der Waals surface area contributed by atoms with Crippen LogP contribution < -0.4 is 5.32 Å². The van der Waals surface area contributed by atoms with Gasteiger partial charge in [0.05, 0.1) is 11.8 Å². The molecule has 5 heteroatoms. The molecule has 2 aromatic carbocycles. The Morgan fingerprint density at radius 3 is 2.33 bits per heavy atom. The zero-order valence-electron chi connectivity index (χ0n) is 13.6. The molecule has 0 aliphatic carbocycles. The zero-order valence-corrected chi connectivity index (χ0v) is 14.4. The van der Waals surface area contributed by atoms with E-state index in [1.807, 2.05) is 67.6 Å².